The van der Waals surface area contributed by atoms with Gasteiger partial charge in [-0.25, -0.2) is 0 Å². The highest BCUT2D eigenvalue weighted by Crippen LogP contribution is 2.31. The molecule has 0 saturated carbocycles. The van der Waals surface area contributed by atoms with Gasteiger partial charge in [0.2, 0.25) is 5.91 Å². The summed E-state index contributed by atoms with van der Waals surface area (Å²) < 4.78 is 11.6. The van der Waals surface area contributed by atoms with Gasteiger partial charge in [0.1, 0.15) is 35.9 Å². The Morgan fingerprint density at radius 2 is 2.04 bits per heavy atom. The number of carbonyl (C=O) groups excluding carboxylic acids is 1. The van der Waals surface area contributed by atoms with E-state index >= 15 is 0 Å². The van der Waals surface area contributed by atoms with Crippen molar-refractivity contribution in [1.29, 1.82) is 0 Å². The maximum Gasteiger partial charge on any atom is 0.240 e. The van der Waals surface area contributed by atoms with E-state index < -0.39 is 47.3 Å². The van der Waals surface area contributed by atoms with E-state index in [1.54, 1.807) is 13.2 Å². The number of aliphatic hydroxyl groups is 3. The second kappa shape index (κ2) is 9.61. The van der Waals surface area contributed by atoms with Crippen LogP contribution in [0.1, 0.15) is 13.3 Å². The van der Waals surface area contributed by atoms with Crippen LogP contribution in [0.15, 0.2) is 12.2 Å². The molecule has 0 aromatic rings. The van der Waals surface area contributed by atoms with Crippen LogP contribution in [0.5, 0.6) is 0 Å². The number of fused-ring (bicyclic) bond motifs is 1. The fraction of sp³-hybridized carbons (Fsp3) is 0.833. The van der Waals surface area contributed by atoms with Crippen molar-refractivity contribution in [2.45, 2.75) is 66.8 Å². The van der Waals surface area contributed by atoms with E-state index in [1.165, 1.54) is 11.8 Å². The normalized spacial score (nSPS) is 43.1. The smallest absolute Gasteiger partial charge is 0.240 e. The molecule has 5 N–H and O–H groups in total. The third kappa shape index (κ3) is 4.52. The lowest BCUT2D eigenvalue weighted by Gasteiger charge is -2.44. The highest BCUT2D eigenvalue weighted by Gasteiger charge is 2.49. The second-order valence-electron chi connectivity index (χ2n) is 7.54. The first kappa shape index (κ1) is 22.3. The summed E-state index contributed by atoms with van der Waals surface area (Å²) in [7, 11) is 0. The van der Waals surface area contributed by atoms with Gasteiger partial charge in [-0.15, -0.1) is 23.4 Å². The van der Waals surface area contributed by atoms with Gasteiger partial charge < -0.3 is 35.4 Å². The van der Waals surface area contributed by atoms with Gasteiger partial charge in [-0.2, -0.15) is 0 Å². The van der Waals surface area contributed by atoms with Gasteiger partial charge in [0.15, 0.2) is 0 Å². The Labute approximate surface area is 174 Å². The lowest BCUT2D eigenvalue weighted by molar-refractivity contribution is -0.205. The Morgan fingerprint density at radius 3 is 2.71 bits per heavy atom. The van der Waals surface area contributed by atoms with Crippen molar-refractivity contribution in [3.05, 3.63) is 12.2 Å². The van der Waals surface area contributed by atoms with Gasteiger partial charge in [-0.05, 0) is 19.6 Å². The molecule has 0 aromatic carbocycles. The molecule has 3 heterocycles. The highest BCUT2D eigenvalue weighted by molar-refractivity contribution is 7.99. The molecule has 10 atom stereocenters. The molecule has 3 unspecified atom stereocenters. The predicted molar refractivity (Wildman–Crippen MR) is 106 cm³/mol. The van der Waals surface area contributed by atoms with Crippen LogP contribution in [0.25, 0.3) is 0 Å². The van der Waals surface area contributed by atoms with Crippen LogP contribution >= 0.6 is 23.4 Å². The van der Waals surface area contributed by atoms with Gasteiger partial charge in [-0.3, -0.25) is 4.79 Å². The predicted octanol–water partition coefficient (Wildman–Crippen LogP) is -0.798. The monoisotopic (exact) mass is 436 g/mol. The van der Waals surface area contributed by atoms with Crippen molar-refractivity contribution in [3.8, 4) is 0 Å². The zero-order valence-electron chi connectivity index (χ0n) is 15.9. The van der Waals surface area contributed by atoms with E-state index in [0.717, 1.165) is 6.42 Å². The molecular formula is C18H29ClN2O6S. The van der Waals surface area contributed by atoms with Gasteiger partial charge in [0.25, 0.3) is 0 Å². The van der Waals surface area contributed by atoms with Crippen LogP contribution in [-0.2, 0) is 14.3 Å². The summed E-state index contributed by atoms with van der Waals surface area (Å²) in [4.78, 5) is 13.0. The van der Waals surface area contributed by atoms with E-state index in [4.69, 9.17) is 21.1 Å². The molecule has 0 aromatic heterocycles. The van der Waals surface area contributed by atoms with E-state index in [1.807, 2.05) is 6.08 Å². The number of thioether (sulfide) groups is 1. The molecule has 160 valence electrons. The molecule has 0 aliphatic carbocycles. The molecule has 3 aliphatic heterocycles. The maximum absolute atomic E-state index is 13.0. The molecule has 2 fully saturated rings. The minimum Gasteiger partial charge on any atom is -0.388 e. The average Bonchev–Trinajstić information content (AvgIpc) is 2.93. The van der Waals surface area contributed by atoms with Crippen LogP contribution in [0.3, 0.4) is 0 Å². The first-order chi connectivity index (χ1) is 13.3. The highest BCUT2D eigenvalue weighted by atomic mass is 35.5. The summed E-state index contributed by atoms with van der Waals surface area (Å²) in [6.45, 7) is 2.83. The molecule has 2 saturated heterocycles. The maximum atomic E-state index is 13.0. The summed E-state index contributed by atoms with van der Waals surface area (Å²) in [5, 5.41) is 36.2. The molecule has 3 aliphatic rings. The fourth-order valence-corrected chi connectivity index (χ4v) is 4.94. The number of alkyl halides is 1. The summed E-state index contributed by atoms with van der Waals surface area (Å²) in [6, 6.07) is -1.29. The molecule has 3 rings (SSSR count). The van der Waals surface area contributed by atoms with Crippen molar-refractivity contribution < 1.29 is 29.6 Å². The molecule has 0 spiro atoms. The van der Waals surface area contributed by atoms with E-state index in [9.17, 15) is 20.1 Å². The van der Waals surface area contributed by atoms with E-state index in [2.05, 4.69) is 16.7 Å². The molecule has 0 radical (unpaired) electrons. The first-order valence-electron chi connectivity index (χ1n) is 9.52. The van der Waals surface area contributed by atoms with Gasteiger partial charge in [0.05, 0.1) is 24.1 Å². The Bertz CT molecular complexity index is 580. The van der Waals surface area contributed by atoms with Crippen molar-refractivity contribution >= 4 is 29.3 Å². The standard InChI is InChI=1S/C18H29ClN2O6S/c1-8(19)10(16-13(23)12(22)14(24)18(27-16)28-2)21-17(25)11-15-9(7-20-11)5-3-4-6-26-15/h3-4,8-16,18,20,22-24H,5-7H2,1-2H3,(H,21,25)/t8-,9-,10+,11-,12?,13?,14+,15+,16+,18?/m0/s1. The van der Waals surface area contributed by atoms with Gasteiger partial charge >= 0.3 is 0 Å². The largest absolute Gasteiger partial charge is 0.388 e. The number of allylic oxidation sites excluding steroid dienone is 1. The number of hydrogen-bond acceptors (Lipinski definition) is 8. The fourth-order valence-electron chi connectivity index (χ4n) is 4.06. The van der Waals surface area contributed by atoms with Gasteiger partial charge in [0, 0.05) is 12.5 Å². The minimum atomic E-state index is -1.39. The van der Waals surface area contributed by atoms with Gasteiger partial charge in [-0.1, -0.05) is 12.2 Å². The number of nitrogens with one attached hydrogen (secondary N) is 2. The second-order valence-corrected chi connectivity index (χ2v) is 9.16. The van der Waals surface area contributed by atoms with E-state index in [0.29, 0.717) is 13.2 Å². The van der Waals surface area contributed by atoms with Crippen molar-refractivity contribution in [1.82, 2.24) is 10.6 Å². The lowest BCUT2D eigenvalue weighted by Crippen LogP contribution is -2.65. The number of hydrogen-bond donors (Lipinski definition) is 5. The summed E-state index contributed by atoms with van der Waals surface area (Å²) in [5.74, 6) is -0.0697. The van der Waals surface area contributed by atoms with Crippen molar-refractivity contribution in [2.24, 2.45) is 5.92 Å². The molecule has 1 amide bonds. The summed E-state index contributed by atoms with van der Waals surface area (Å²) >= 11 is 7.53. The Hall–Kier alpha value is -0.390. The Balaban J connectivity index is 1.71. The third-order valence-corrected chi connectivity index (χ3v) is 6.79. The number of rotatable bonds is 5. The average molecular weight is 437 g/mol. The molecule has 8 nitrogen and oxygen atoms in total. The quantitative estimate of drug-likeness (QED) is 0.281. The summed E-state index contributed by atoms with van der Waals surface area (Å²) in [6.07, 6.45) is 1.39. The van der Waals surface area contributed by atoms with Crippen LogP contribution in [0.2, 0.25) is 0 Å². The zero-order valence-corrected chi connectivity index (χ0v) is 17.5. The number of aliphatic hydroxyl groups excluding tert-OH is 3. The SMILES string of the molecule is CSC1O[C@H]([C@H](NC(=O)[C@H]2NC[C@@H]3CC=CCO[C@H]32)[C@H](C)Cl)C(O)C(O)[C@H]1O. The Kier molecular flexibility index (Phi) is 7.66. The first-order valence-corrected chi connectivity index (χ1v) is 11.2. The van der Waals surface area contributed by atoms with Crippen LogP contribution < -0.4 is 10.6 Å². The number of amides is 1. The molecule has 0 bridgehead atoms. The van der Waals surface area contributed by atoms with Crippen molar-refractivity contribution in [2.75, 3.05) is 19.4 Å². The van der Waals surface area contributed by atoms with Crippen molar-refractivity contribution in [3.63, 3.8) is 0 Å². The zero-order chi connectivity index (χ0) is 20.4. The number of carbonyl (C=O) groups is 1. The summed E-state index contributed by atoms with van der Waals surface area (Å²) in [5.41, 5.74) is -0.733. The molecule has 10 heteroatoms. The minimum absolute atomic E-state index is 0.218. The van der Waals surface area contributed by atoms with E-state index in [-0.39, 0.29) is 17.9 Å². The van der Waals surface area contributed by atoms with Crippen LogP contribution in [-0.4, -0.2) is 94.1 Å². The lowest BCUT2D eigenvalue weighted by atomic mass is 9.92. The van der Waals surface area contributed by atoms with Crippen LogP contribution in [0.4, 0.5) is 0 Å². The number of halogens is 1. The van der Waals surface area contributed by atoms with Crippen LogP contribution in [0, 0.1) is 5.92 Å². The Morgan fingerprint density at radius 1 is 1.29 bits per heavy atom. The third-order valence-electron chi connectivity index (χ3n) is 5.66. The topological polar surface area (TPSA) is 120 Å². The molecular weight excluding hydrogens is 408 g/mol. The number of ether oxygens (including phenoxy) is 2. The molecule has 28 heavy (non-hydrogen) atoms.